The lowest BCUT2D eigenvalue weighted by atomic mass is 10.3. The fraction of sp³-hybridized carbons (Fsp3) is 0.350. The molecule has 3 aromatic rings. The van der Waals surface area contributed by atoms with Crippen LogP contribution >= 0.6 is 24.0 Å². The first kappa shape index (κ1) is 22.7. The maximum Gasteiger partial charge on any atom is 0.191 e. The van der Waals surface area contributed by atoms with Crippen molar-refractivity contribution in [1.82, 2.24) is 25.2 Å². The van der Waals surface area contributed by atoms with Gasteiger partial charge in [0.1, 0.15) is 24.1 Å². The second-order valence-electron chi connectivity index (χ2n) is 6.23. The molecule has 0 aliphatic carbocycles. The van der Waals surface area contributed by atoms with Gasteiger partial charge in [0.05, 0.1) is 13.7 Å². The van der Waals surface area contributed by atoms with Gasteiger partial charge in [0.2, 0.25) is 0 Å². The van der Waals surface area contributed by atoms with Gasteiger partial charge in [0.15, 0.2) is 17.4 Å². The lowest BCUT2D eigenvalue weighted by Crippen LogP contribution is -2.41. The second kappa shape index (κ2) is 11.4. The van der Waals surface area contributed by atoms with Crippen molar-refractivity contribution >= 4 is 35.6 Å². The molecule has 156 valence electrons. The number of methoxy groups -OCH3 is 1. The predicted molar refractivity (Wildman–Crippen MR) is 124 cm³/mol. The summed E-state index contributed by atoms with van der Waals surface area (Å²) in [6, 6.07) is 13.4. The number of aliphatic imine (C=N–C) groups is 1. The van der Waals surface area contributed by atoms with E-state index in [9.17, 15) is 0 Å². The van der Waals surface area contributed by atoms with Gasteiger partial charge in [0.25, 0.3) is 0 Å². The van der Waals surface area contributed by atoms with Crippen LogP contribution in [0.25, 0.3) is 5.65 Å². The third kappa shape index (κ3) is 6.48. The maximum absolute atomic E-state index is 5.94. The number of fused-ring (bicyclic) bond motifs is 1. The van der Waals surface area contributed by atoms with Gasteiger partial charge in [-0.25, -0.2) is 4.99 Å². The Bertz CT molecular complexity index is 930. The average Bonchev–Trinajstić information content (AvgIpc) is 3.13. The Morgan fingerprint density at radius 1 is 1.14 bits per heavy atom. The first-order valence-electron chi connectivity index (χ1n) is 9.31. The molecule has 0 bridgehead atoms. The summed E-state index contributed by atoms with van der Waals surface area (Å²) in [5, 5.41) is 14.9. The zero-order valence-electron chi connectivity index (χ0n) is 16.8. The number of aromatic nitrogens is 3. The van der Waals surface area contributed by atoms with Crippen LogP contribution in [0.15, 0.2) is 53.7 Å². The van der Waals surface area contributed by atoms with E-state index in [0.717, 1.165) is 29.5 Å². The van der Waals surface area contributed by atoms with E-state index >= 15 is 0 Å². The van der Waals surface area contributed by atoms with E-state index in [1.54, 1.807) is 7.11 Å². The van der Waals surface area contributed by atoms with E-state index < -0.39 is 0 Å². The number of hydrogen-bond acceptors (Lipinski definition) is 5. The lowest BCUT2D eigenvalue weighted by molar-refractivity contribution is 0.223. The topological polar surface area (TPSA) is 85.1 Å². The second-order valence-corrected chi connectivity index (χ2v) is 6.23. The Labute approximate surface area is 187 Å². The predicted octanol–water partition coefficient (Wildman–Crippen LogP) is 2.88. The molecule has 0 saturated carbocycles. The van der Waals surface area contributed by atoms with Crippen LogP contribution in [-0.4, -0.2) is 46.9 Å². The summed E-state index contributed by atoms with van der Waals surface area (Å²) in [6.07, 6.45) is 1.88. The molecule has 0 fully saturated rings. The molecule has 0 aliphatic rings. The van der Waals surface area contributed by atoms with Crippen molar-refractivity contribution in [3.63, 3.8) is 0 Å². The van der Waals surface area contributed by atoms with E-state index in [2.05, 4.69) is 25.8 Å². The minimum atomic E-state index is -0.0510. The zero-order chi connectivity index (χ0) is 19.8. The summed E-state index contributed by atoms with van der Waals surface area (Å²) in [7, 11) is 1.64. The zero-order valence-corrected chi connectivity index (χ0v) is 19.2. The largest absolute Gasteiger partial charge is 0.497 e. The molecule has 1 atom stereocenters. The molecule has 8 nitrogen and oxygen atoms in total. The van der Waals surface area contributed by atoms with Crippen molar-refractivity contribution in [3.8, 4) is 11.5 Å². The van der Waals surface area contributed by atoms with Crippen LogP contribution in [0.4, 0.5) is 0 Å². The standard InChI is InChI=1S/C20H26N6O2.HI/c1-4-21-20(23-14-19-25-24-18-10-5-6-11-26(18)19)22-13-15(2)28-17-9-7-8-16(12-17)27-3;/h5-12,15H,4,13-14H2,1-3H3,(H2,21,22,23);1H. The third-order valence-electron chi connectivity index (χ3n) is 4.04. The van der Waals surface area contributed by atoms with Crippen LogP contribution in [-0.2, 0) is 6.54 Å². The molecule has 0 amide bonds. The van der Waals surface area contributed by atoms with Crippen LogP contribution in [0.3, 0.4) is 0 Å². The first-order valence-corrected chi connectivity index (χ1v) is 9.31. The summed E-state index contributed by atoms with van der Waals surface area (Å²) in [5.41, 5.74) is 0.811. The van der Waals surface area contributed by atoms with E-state index in [-0.39, 0.29) is 30.1 Å². The molecule has 2 heterocycles. The highest BCUT2D eigenvalue weighted by atomic mass is 127. The fourth-order valence-corrected chi connectivity index (χ4v) is 2.68. The quantitative estimate of drug-likeness (QED) is 0.276. The van der Waals surface area contributed by atoms with Crippen molar-refractivity contribution < 1.29 is 9.47 Å². The molecular formula is C20H27IN6O2. The van der Waals surface area contributed by atoms with Gasteiger partial charge in [-0.3, -0.25) is 4.40 Å². The van der Waals surface area contributed by atoms with Crippen LogP contribution in [0.1, 0.15) is 19.7 Å². The van der Waals surface area contributed by atoms with Crippen LogP contribution in [0.5, 0.6) is 11.5 Å². The molecule has 0 saturated heterocycles. The van der Waals surface area contributed by atoms with Gasteiger partial charge in [-0.2, -0.15) is 0 Å². The molecular weight excluding hydrogens is 483 g/mol. The third-order valence-corrected chi connectivity index (χ3v) is 4.04. The number of nitrogens with zero attached hydrogens (tertiary/aromatic N) is 4. The van der Waals surface area contributed by atoms with E-state index in [1.807, 2.05) is 66.9 Å². The van der Waals surface area contributed by atoms with Crippen LogP contribution in [0.2, 0.25) is 0 Å². The maximum atomic E-state index is 5.94. The van der Waals surface area contributed by atoms with Gasteiger partial charge < -0.3 is 20.1 Å². The Morgan fingerprint density at radius 2 is 1.97 bits per heavy atom. The van der Waals surface area contributed by atoms with Crippen molar-refractivity contribution in [2.75, 3.05) is 20.2 Å². The van der Waals surface area contributed by atoms with E-state index in [0.29, 0.717) is 19.0 Å². The normalized spacial score (nSPS) is 12.2. The molecule has 0 spiro atoms. The van der Waals surface area contributed by atoms with Gasteiger partial charge in [-0.1, -0.05) is 12.1 Å². The lowest BCUT2D eigenvalue weighted by Gasteiger charge is -2.18. The molecule has 9 heteroatoms. The Morgan fingerprint density at radius 3 is 2.76 bits per heavy atom. The molecule has 3 rings (SSSR count). The van der Waals surface area contributed by atoms with Gasteiger partial charge in [-0.05, 0) is 38.1 Å². The number of pyridine rings is 1. The molecule has 29 heavy (non-hydrogen) atoms. The summed E-state index contributed by atoms with van der Waals surface area (Å²) >= 11 is 0. The Hall–Kier alpha value is -2.56. The van der Waals surface area contributed by atoms with Crippen molar-refractivity contribution in [2.45, 2.75) is 26.5 Å². The number of nitrogens with one attached hydrogen (secondary N) is 2. The number of rotatable bonds is 8. The van der Waals surface area contributed by atoms with E-state index in [1.165, 1.54) is 0 Å². The monoisotopic (exact) mass is 510 g/mol. The van der Waals surface area contributed by atoms with Crippen LogP contribution < -0.4 is 20.1 Å². The van der Waals surface area contributed by atoms with Crippen molar-refractivity contribution in [1.29, 1.82) is 0 Å². The van der Waals surface area contributed by atoms with Gasteiger partial charge in [-0.15, -0.1) is 34.2 Å². The Kier molecular flexibility index (Phi) is 8.97. The summed E-state index contributed by atoms with van der Waals surface area (Å²) < 4.78 is 13.1. The molecule has 1 unspecified atom stereocenters. The molecule has 0 radical (unpaired) electrons. The highest BCUT2D eigenvalue weighted by Gasteiger charge is 2.08. The summed E-state index contributed by atoms with van der Waals surface area (Å²) in [5.74, 6) is 3.03. The average molecular weight is 510 g/mol. The highest BCUT2D eigenvalue weighted by molar-refractivity contribution is 14.0. The number of hydrogen-bond donors (Lipinski definition) is 2. The van der Waals surface area contributed by atoms with Crippen LogP contribution in [0, 0.1) is 0 Å². The summed E-state index contributed by atoms with van der Waals surface area (Å²) in [6.45, 7) is 5.81. The highest BCUT2D eigenvalue weighted by Crippen LogP contribution is 2.19. The molecule has 1 aromatic carbocycles. The van der Waals surface area contributed by atoms with Crippen molar-refractivity contribution in [2.24, 2.45) is 4.99 Å². The molecule has 2 N–H and O–H groups in total. The minimum absolute atomic E-state index is 0. The molecule has 2 aromatic heterocycles. The van der Waals surface area contributed by atoms with Gasteiger partial charge in [0, 0.05) is 18.8 Å². The number of halogens is 1. The first-order chi connectivity index (χ1) is 13.7. The van der Waals surface area contributed by atoms with Gasteiger partial charge >= 0.3 is 0 Å². The smallest absolute Gasteiger partial charge is 0.191 e. The number of ether oxygens (including phenoxy) is 2. The SMILES string of the molecule is CCNC(=NCc1nnc2ccccn12)NCC(C)Oc1cccc(OC)c1.I. The number of benzene rings is 1. The van der Waals surface area contributed by atoms with Crippen molar-refractivity contribution in [3.05, 3.63) is 54.5 Å². The molecule has 0 aliphatic heterocycles. The minimum Gasteiger partial charge on any atom is -0.497 e. The fourth-order valence-electron chi connectivity index (χ4n) is 2.68. The summed E-state index contributed by atoms with van der Waals surface area (Å²) in [4.78, 5) is 4.61. The Balaban J connectivity index is 0.00000300. The van der Waals surface area contributed by atoms with E-state index in [4.69, 9.17) is 9.47 Å². The number of guanidine groups is 1.